The molecule has 0 unspecified atom stereocenters. The number of nitrogens with zero attached hydrogens (tertiary/aromatic N) is 2. The highest BCUT2D eigenvalue weighted by atomic mass is 79.9. The van der Waals surface area contributed by atoms with E-state index < -0.39 is 0 Å². The second kappa shape index (κ2) is 5.14. The number of pyridine rings is 1. The van der Waals surface area contributed by atoms with Crippen molar-refractivity contribution in [3.8, 4) is 0 Å². The van der Waals surface area contributed by atoms with Crippen molar-refractivity contribution in [2.24, 2.45) is 0 Å². The van der Waals surface area contributed by atoms with Crippen LogP contribution in [0.4, 0.5) is 0 Å². The summed E-state index contributed by atoms with van der Waals surface area (Å²) in [7, 11) is 0. The van der Waals surface area contributed by atoms with E-state index in [1.165, 1.54) is 11.3 Å². The van der Waals surface area contributed by atoms with E-state index in [9.17, 15) is 4.79 Å². The van der Waals surface area contributed by atoms with Crippen molar-refractivity contribution in [1.29, 1.82) is 0 Å². The van der Waals surface area contributed by atoms with Gasteiger partial charge in [-0.3, -0.25) is 4.79 Å². The molecule has 96 valence electrons. The number of fused-ring (bicyclic) bond motifs is 1. The number of carbonyl (C=O) groups is 1. The van der Waals surface area contributed by atoms with Crippen LogP contribution in [0, 0.1) is 0 Å². The molecule has 0 radical (unpaired) electrons. The van der Waals surface area contributed by atoms with Crippen LogP contribution >= 0.6 is 27.3 Å². The van der Waals surface area contributed by atoms with Crippen LogP contribution in [0.1, 0.15) is 15.5 Å². The van der Waals surface area contributed by atoms with Crippen molar-refractivity contribution in [2.45, 2.75) is 6.54 Å². The fraction of sp³-hybridized carbons (Fsp3) is 0.0769. The number of nitrogens with one attached hydrogen (secondary N) is 1. The Morgan fingerprint density at radius 3 is 3.05 bits per heavy atom. The molecule has 0 spiro atoms. The second-order valence-electron chi connectivity index (χ2n) is 3.93. The summed E-state index contributed by atoms with van der Waals surface area (Å²) in [6, 6.07) is 9.53. The Morgan fingerprint density at radius 1 is 1.37 bits per heavy atom. The van der Waals surface area contributed by atoms with Gasteiger partial charge < -0.3 is 9.72 Å². The lowest BCUT2D eigenvalue weighted by Gasteiger charge is -2.03. The zero-order chi connectivity index (χ0) is 13.2. The fourth-order valence-corrected chi connectivity index (χ4v) is 3.01. The Kier molecular flexibility index (Phi) is 3.35. The molecule has 1 N–H and O–H groups in total. The molecular weight excluding hydrogens is 326 g/mol. The fourth-order valence-electron chi connectivity index (χ4n) is 1.84. The maximum absolute atomic E-state index is 11.9. The molecule has 0 atom stereocenters. The Morgan fingerprint density at radius 2 is 2.26 bits per heavy atom. The van der Waals surface area contributed by atoms with Gasteiger partial charge in [-0.05, 0) is 39.5 Å². The molecule has 1 amide bonds. The molecule has 0 aromatic carbocycles. The van der Waals surface area contributed by atoms with Gasteiger partial charge in [-0.1, -0.05) is 12.1 Å². The topological polar surface area (TPSA) is 46.4 Å². The highest BCUT2D eigenvalue weighted by molar-refractivity contribution is 9.10. The van der Waals surface area contributed by atoms with Gasteiger partial charge in [0, 0.05) is 6.20 Å². The zero-order valence-corrected chi connectivity index (χ0v) is 12.2. The summed E-state index contributed by atoms with van der Waals surface area (Å²) in [6.45, 7) is 0.396. The van der Waals surface area contributed by atoms with Gasteiger partial charge in [0.15, 0.2) is 0 Å². The molecule has 3 aromatic heterocycles. The molecule has 0 aliphatic rings. The lowest BCUT2D eigenvalue weighted by molar-refractivity contribution is 0.0954. The number of thiophene rings is 1. The number of halogens is 1. The molecule has 0 aliphatic heterocycles. The van der Waals surface area contributed by atoms with Gasteiger partial charge in [0.1, 0.15) is 10.4 Å². The van der Waals surface area contributed by atoms with Crippen LogP contribution in [0.5, 0.6) is 0 Å². The van der Waals surface area contributed by atoms with Crippen molar-refractivity contribution < 1.29 is 4.79 Å². The molecule has 19 heavy (non-hydrogen) atoms. The first-order chi connectivity index (χ1) is 9.25. The van der Waals surface area contributed by atoms with Gasteiger partial charge in [0.2, 0.25) is 0 Å². The van der Waals surface area contributed by atoms with Crippen LogP contribution in [-0.4, -0.2) is 15.3 Å². The molecule has 3 heterocycles. The summed E-state index contributed by atoms with van der Waals surface area (Å²) in [5, 5.41) is 4.76. The number of imidazole rings is 1. The van der Waals surface area contributed by atoms with Gasteiger partial charge in [-0.15, -0.1) is 11.3 Å². The first-order valence-electron chi connectivity index (χ1n) is 5.69. The van der Waals surface area contributed by atoms with Crippen molar-refractivity contribution >= 4 is 38.7 Å². The van der Waals surface area contributed by atoms with Crippen molar-refractivity contribution in [1.82, 2.24) is 14.7 Å². The first-order valence-corrected chi connectivity index (χ1v) is 7.36. The minimum Gasteiger partial charge on any atom is -0.344 e. The summed E-state index contributed by atoms with van der Waals surface area (Å²) in [5.41, 5.74) is 0.989. The number of hydrogen-bond acceptors (Lipinski definition) is 3. The highest BCUT2D eigenvalue weighted by Crippen LogP contribution is 2.18. The summed E-state index contributed by atoms with van der Waals surface area (Å²) >= 11 is 4.85. The lowest BCUT2D eigenvalue weighted by atomic mass is 10.4. The van der Waals surface area contributed by atoms with E-state index in [-0.39, 0.29) is 5.91 Å². The van der Waals surface area contributed by atoms with Crippen LogP contribution in [-0.2, 0) is 6.54 Å². The Balaban J connectivity index is 1.81. The predicted octanol–water partition coefficient (Wildman–Crippen LogP) is 3.09. The van der Waals surface area contributed by atoms with Crippen LogP contribution in [0.2, 0.25) is 0 Å². The Labute approximate surface area is 122 Å². The van der Waals surface area contributed by atoms with E-state index in [2.05, 4.69) is 26.2 Å². The van der Waals surface area contributed by atoms with Crippen molar-refractivity contribution in [3.63, 3.8) is 0 Å². The summed E-state index contributed by atoms with van der Waals surface area (Å²) in [4.78, 5) is 17.0. The standard InChI is InChI=1S/C13H10BrN3OS/c14-12-9-4-1-2-6-17(9)11(16-12)8-15-13(18)10-5-3-7-19-10/h1-7H,8H2,(H,15,18). The minimum absolute atomic E-state index is 0.0706. The zero-order valence-electron chi connectivity index (χ0n) is 9.84. The maximum atomic E-state index is 11.9. The second-order valence-corrected chi connectivity index (χ2v) is 5.63. The van der Waals surface area contributed by atoms with Gasteiger partial charge in [-0.2, -0.15) is 0 Å². The average Bonchev–Trinajstić information content (AvgIpc) is 3.06. The molecular formula is C13H10BrN3OS. The molecule has 0 fully saturated rings. The van der Waals surface area contributed by atoms with E-state index in [0.29, 0.717) is 11.4 Å². The number of aromatic nitrogens is 2. The number of hydrogen-bond donors (Lipinski definition) is 1. The molecule has 3 aromatic rings. The molecule has 0 saturated heterocycles. The third-order valence-electron chi connectivity index (χ3n) is 2.73. The van der Waals surface area contributed by atoms with Gasteiger partial charge >= 0.3 is 0 Å². The summed E-state index contributed by atoms with van der Waals surface area (Å²) in [6.07, 6.45) is 1.93. The summed E-state index contributed by atoms with van der Waals surface area (Å²) in [5.74, 6) is 0.728. The molecule has 0 bridgehead atoms. The normalized spacial score (nSPS) is 10.8. The van der Waals surface area contributed by atoms with Gasteiger partial charge in [0.05, 0.1) is 16.9 Å². The van der Waals surface area contributed by atoms with Gasteiger partial charge in [-0.25, -0.2) is 4.98 Å². The van der Waals surface area contributed by atoms with E-state index in [4.69, 9.17) is 0 Å². The lowest BCUT2D eigenvalue weighted by Crippen LogP contribution is -2.23. The molecule has 6 heteroatoms. The SMILES string of the molecule is O=C(NCc1nc(Br)c2ccccn12)c1cccs1. The Hall–Kier alpha value is -1.66. The molecule has 3 rings (SSSR count). The van der Waals surface area contributed by atoms with E-state index in [1.54, 1.807) is 6.07 Å². The largest absolute Gasteiger partial charge is 0.344 e. The minimum atomic E-state index is -0.0706. The first kappa shape index (κ1) is 12.4. The monoisotopic (exact) mass is 335 g/mol. The van der Waals surface area contributed by atoms with Crippen LogP contribution in [0.25, 0.3) is 5.52 Å². The van der Waals surface area contributed by atoms with Crippen molar-refractivity contribution in [3.05, 3.63) is 57.2 Å². The molecule has 0 aliphatic carbocycles. The molecule has 4 nitrogen and oxygen atoms in total. The highest BCUT2D eigenvalue weighted by Gasteiger charge is 2.10. The third-order valence-corrected chi connectivity index (χ3v) is 4.18. The third kappa shape index (κ3) is 2.41. The number of rotatable bonds is 3. The maximum Gasteiger partial charge on any atom is 0.261 e. The average molecular weight is 336 g/mol. The molecule has 0 saturated carbocycles. The van der Waals surface area contributed by atoms with E-state index >= 15 is 0 Å². The number of amides is 1. The van der Waals surface area contributed by atoms with E-state index in [0.717, 1.165) is 15.9 Å². The van der Waals surface area contributed by atoms with E-state index in [1.807, 2.05) is 40.2 Å². The van der Waals surface area contributed by atoms with Crippen LogP contribution in [0.3, 0.4) is 0 Å². The predicted molar refractivity (Wildman–Crippen MR) is 78.4 cm³/mol. The van der Waals surface area contributed by atoms with Crippen molar-refractivity contribution in [2.75, 3.05) is 0 Å². The van der Waals surface area contributed by atoms with Crippen LogP contribution in [0.15, 0.2) is 46.5 Å². The Bertz CT molecular complexity index is 721. The quantitative estimate of drug-likeness (QED) is 0.799. The number of carbonyl (C=O) groups excluding carboxylic acids is 1. The summed E-state index contributed by atoms with van der Waals surface area (Å²) < 4.78 is 2.74. The smallest absolute Gasteiger partial charge is 0.261 e. The van der Waals surface area contributed by atoms with Crippen LogP contribution < -0.4 is 5.32 Å². The van der Waals surface area contributed by atoms with Gasteiger partial charge in [0.25, 0.3) is 5.91 Å².